The van der Waals surface area contributed by atoms with Crippen LogP contribution in [-0.4, -0.2) is 30.5 Å². The molecular weight excluding hydrogens is 474 g/mol. The van der Waals surface area contributed by atoms with Crippen molar-refractivity contribution in [1.82, 2.24) is 19.7 Å². The number of hydrogen-bond acceptors (Lipinski definition) is 5. The third kappa shape index (κ3) is 4.98. The second-order valence-corrected chi connectivity index (χ2v) is 7.09. The summed E-state index contributed by atoms with van der Waals surface area (Å²) in [7, 11) is 0. The molecule has 0 saturated carbocycles. The quantitative estimate of drug-likeness (QED) is 0.394. The molecule has 0 spiro atoms. The van der Waals surface area contributed by atoms with Crippen molar-refractivity contribution >= 4 is 34.2 Å². The van der Waals surface area contributed by atoms with E-state index in [2.05, 4.69) is 15.1 Å². The first-order chi connectivity index (χ1) is 12.5. The molecule has 26 heavy (non-hydrogen) atoms. The van der Waals surface area contributed by atoms with E-state index in [4.69, 9.17) is 16.3 Å². The van der Waals surface area contributed by atoms with E-state index >= 15 is 0 Å². The number of halogens is 3. The summed E-state index contributed by atoms with van der Waals surface area (Å²) in [6.07, 6.45) is 3.03. The number of ether oxygens (including phenoxy) is 1. The maximum absolute atomic E-state index is 12.8. The van der Waals surface area contributed by atoms with Gasteiger partial charge in [-0.15, -0.1) is 0 Å². The van der Waals surface area contributed by atoms with Gasteiger partial charge in [0.15, 0.2) is 4.18 Å². The highest BCUT2D eigenvalue weighted by Gasteiger charge is 2.08. The van der Waals surface area contributed by atoms with Crippen LogP contribution in [0.1, 0.15) is 5.56 Å². The van der Waals surface area contributed by atoms with E-state index in [0.717, 1.165) is 5.56 Å². The van der Waals surface area contributed by atoms with Crippen molar-refractivity contribution in [3.05, 3.63) is 69.7 Å². The Morgan fingerprint density at radius 3 is 2.50 bits per heavy atom. The number of nitrogens with zero attached hydrogens (tertiary/aromatic N) is 4. The summed E-state index contributed by atoms with van der Waals surface area (Å²) in [4.78, 5) is 20.1. The molecule has 0 bridgehead atoms. The van der Waals surface area contributed by atoms with E-state index in [1.807, 2.05) is 12.1 Å². The summed E-state index contributed by atoms with van der Waals surface area (Å²) in [5.74, 6) is 0. The molecule has 0 radical (unpaired) electrons. The van der Waals surface area contributed by atoms with Crippen molar-refractivity contribution in [3.63, 3.8) is 0 Å². The fourth-order valence-electron chi connectivity index (χ4n) is 2.14. The number of aromatic nitrogens is 4. The molecule has 0 N–H and O–H groups in total. The molecule has 6 nitrogen and oxygen atoms in total. The van der Waals surface area contributed by atoms with Crippen molar-refractivity contribution < 1.29 is 9.13 Å². The van der Waals surface area contributed by atoms with E-state index in [-0.39, 0.29) is 18.2 Å². The minimum atomic E-state index is -1.13. The van der Waals surface area contributed by atoms with Crippen LogP contribution >= 0.6 is 34.2 Å². The smallest absolute Gasteiger partial charge is 0.316 e. The van der Waals surface area contributed by atoms with E-state index < -0.39 is 4.18 Å². The monoisotopic (exact) mass is 486 g/mol. The molecule has 9 heteroatoms. The highest BCUT2D eigenvalue weighted by atomic mass is 127. The lowest BCUT2D eigenvalue weighted by atomic mass is 10.2. The highest BCUT2D eigenvalue weighted by molar-refractivity contribution is 14.1. The molecule has 0 saturated heterocycles. The zero-order valence-electron chi connectivity index (χ0n) is 13.3. The molecule has 0 aliphatic heterocycles. The molecule has 2 heterocycles. The summed E-state index contributed by atoms with van der Waals surface area (Å²) in [5.41, 5.74) is 1.84. The van der Waals surface area contributed by atoms with Gasteiger partial charge in [-0.25, -0.2) is 19.0 Å². The summed E-state index contributed by atoms with van der Waals surface area (Å²) < 4.78 is 18.1. The first-order valence-electron chi connectivity index (χ1n) is 7.57. The molecule has 3 rings (SSSR count). The van der Waals surface area contributed by atoms with Crippen molar-refractivity contribution in [2.45, 2.75) is 10.7 Å². The fraction of sp³-hybridized carbons (Fsp3) is 0.176. The van der Waals surface area contributed by atoms with Gasteiger partial charge < -0.3 is 4.74 Å². The van der Waals surface area contributed by atoms with Gasteiger partial charge in [-0.05, 0) is 46.4 Å². The van der Waals surface area contributed by atoms with E-state index in [1.165, 1.54) is 23.1 Å². The molecule has 0 fully saturated rings. The van der Waals surface area contributed by atoms with Crippen LogP contribution < -0.4 is 10.3 Å². The number of benzene rings is 1. The minimum absolute atomic E-state index is 0.0857. The maximum atomic E-state index is 12.8. The van der Waals surface area contributed by atoms with Gasteiger partial charge in [-0.2, -0.15) is 5.10 Å². The Kier molecular flexibility index (Phi) is 6.15. The van der Waals surface area contributed by atoms with E-state index in [9.17, 15) is 9.18 Å². The Morgan fingerprint density at radius 1 is 1.15 bits per heavy atom. The lowest BCUT2D eigenvalue weighted by Crippen LogP contribution is -2.22. The SMILES string of the molecule is O=c1ccc(-c2cnc(OCC(F)I)nc2)nn1Cc1ccc(Cl)cc1. The second-order valence-electron chi connectivity index (χ2n) is 5.30. The third-order valence-corrected chi connectivity index (χ3v) is 3.99. The van der Waals surface area contributed by atoms with Gasteiger partial charge in [0.2, 0.25) is 0 Å². The highest BCUT2D eigenvalue weighted by Crippen LogP contribution is 2.16. The van der Waals surface area contributed by atoms with Crippen LogP contribution in [0.25, 0.3) is 11.3 Å². The number of alkyl halides is 2. The Balaban J connectivity index is 1.80. The zero-order valence-corrected chi connectivity index (χ0v) is 16.3. The first-order valence-corrected chi connectivity index (χ1v) is 9.19. The van der Waals surface area contributed by atoms with Crippen molar-refractivity contribution in [2.24, 2.45) is 0 Å². The van der Waals surface area contributed by atoms with Gasteiger partial charge in [0.05, 0.1) is 12.2 Å². The van der Waals surface area contributed by atoms with Crippen molar-refractivity contribution in [2.75, 3.05) is 6.61 Å². The van der Waals surface area contributed by atoms with E-state index in [1.54, 1.807) is 40.8 Å². The average molecular weight is 487 g/mol. The van der Waals surface area contributed by atoms with Crippen LogP contribution in [0.15, 0.2) is 53.6 Å². The van der Waals surface area contributed by atoms with Crippen molar-refractivity contribution in [3.8, 4) is 17.3 Å². The van der Waals surface area contributed by atoms with Gasteiger partial charge >= 0.3 is 6.01 Å². The Hall–Kier alpha value is -2.07. The molecule has 0 aliphatic carbocycles. The molecule has 3 aromatic rings. The molecule has 2 aromatic heterocycles. The molecule has 0 amide bonds. The Labute approximate surface area is 167 Å². The minimum Gasteiger partial charge on any atom is -0.459 e. The average Bonchev–Trinajstić information content (AvgIpc) is 2.64. The topological polar surface area (TPSA) is 69.9 Å². The van der Waals surface area contributed by atoms with Gasteiger partial charge in [-0.1, -0.05) is 23.7 Å². The number of hydrogen-bond donors (Lipinski definition) is 0. The second kappa shape index (κ2) is 8.54. The molecule has 1 aromatic carbocycles. The third-order valence-electron chi connectivity index (χ3n) is 3.37. The summed E-state index contributed by atoms with van der Waals surface area (Å²) in [6.45, 7) is 0.198. The van der Waals surface area contributed by atoms with Crippen LogP contribution in [0, 0.1) is 0 Å². The van der Waals surface area contributed by atoms with Crippen LogP contribution in [0.3, 0.4) is 0 Å². The molecule has 1 unspecified atom stereocenters. The molecule has 0 aliphatic rings. The summed E-state index contributed by atoms with van der Waals surface area (Å²) in [5, 5.41) is 4.98. The normalized spacial score (nSPS) is 12.0. The van der Waals surface area contributed by atoms with Crippen LogP contribution in [0.5, 0.6) is 6.01 Å². The largest absolute Gasteiger partial charge is 0.459 e. The van der Waals surface area contributed by atoms with Gasteiger partial charge in [0.25, 0.3) is 5.56 Å². The van der Waals surface area contributed by atoms with Gasteiger partial charge in [0, 0.05) is 29.0 Å². The summed E-state index contributed by atoms with van der Waals surface area (Å²) >= 11 is 7.48. The van der Waals surface area contributed by atoms with Gasteiger partial charge in [-0.3, -0.25) is 4.79 Å². The molecule has 1 atom stereocenters. The standard InChI is InChI=1S/C17H13ClFIN4O2/c18-13-3-1-11(2-4-13)9-24-16(25)6-5-14(23-24)12-7-21-17(22-8-12)26-10-15(19)20/h1-8,15H,9-10H2. The summed E-state index contributed by atoms with van der Waals surface area (Å²) in [6, 6.07) is 10.3. The first kappa shape index (κ1) is 18.7. The Morgan fingerprint density at radius 2 is 1.85 bits per heavy atom. The zero-order chi connectivity index (χ0) is 18.5. The predicted octanol–water partition coefficient (Wildman–Crippen LogP) is 3.51. The maximum Gasteiger partial charge on any atom is 0.316 e. The van der Waals surface area contributed by atoms with Crippen LogP contribution in [0.4, 0.5) is 4.39 Å². The van der Waals surface area contributed by atoms with E-state index in [0.29, 0.717) is 22.8 Å². The molecule has 134 valence electrons. The van der Waals surface area contributed by atoms with Crippen LogP contribution in [-0.2, 0) is 6.54 Å². The van der Waals surface area contributed by atoms with Gasteiger partial charge in [0.1, 0.15) is 6.61 Å². The lowest BCUT2D eigenvalue weighted by molar-refractivity contribution is 0.245. The fourth-order valence-corrected chi connectivity index (χ4v) is 2.45. The predicted molar refractivity (Wildman–Crippen MR) is 104 cm³/mol. The van der Waals surface area contributed by atoms with Crippen LogP contribution in [0.2, 0.25) is 5.02 Å². The van der Waals surface area contributed by atoms with Crippen molar-refractivity contribution in [1.29, 1.82) is 0 Å². The molecular formula is C17H13ClFIN4O2. The number of rotatable bonds is 6. The lowest BCUT2D eigenvalue weighted by Gasteiger charge is -2.08. The Bertz CT molecular complexity index is 933.